The number of aromatic nitrogens is 2. The lowest BCUT2D eigenvalue weighted by Crippen LogP contribution is -2.28. The fourth-order valence-corrected chi connectivity index (χ4v) is 1.38. The van der Waals surface area contributed by atoms with Gasteiger partial charge < -0.3 is 16.0 Å². The van der Waals surface area contributed by atoms with Crippen molar-refractivity contribution in [3.63, 3.8) is 0 Å². The summed E-state index contributed by atoms with van der Waals surface area (Å²) < 4.78 is 5.23. The maximum absolute atomic E-state index is 5.71. The molecule has 17 heavy (non-hydrogen) atoms. The third kappa shape index (κ3) is 2.29. The zero-order valence-corrected chi connectivity index (χ0v) is 9.97. The van der Waals surface area contributed by atoms with E-state index in [1.165, 1.54) is 0 Å². The van der Waals surface area contributed by atoms with Crippen LogP contribution >= 0.6 is 0 Å². The minimum Gasteiger partial charge on any atom is -0.399 e. The van der Waals surface area contributed by atoms with Gasteiger partial charge in [0.25, 0.3) is 0 Å². The summed E-state index contributed by atoms with van der Waals surface area (Å²) in [5.41, 5.74) is 12.6. The van der Waals surface area contributed by atoms with Crippen LogP contribution in [0.2, 0.25) is 0 Å². The van der Waals surface area contributed by atoms with Gasteiger partial charge in [-0.3, -0.25) is 0 Å². The van der Waals surface area contributed by atoms with Gasteiger partial charge in [0, 0.05) is 17.8 Å². The van der Waals surface area contributed by atoms with Crippen molar-refractivity contribution in [1.82, 2.24) is 10.1 Å². The van der Waals surface area contributed by atoms with E-state index in [2.05, 4.69) is 10.1 Å². The van der Waals surface area contributed by atoms with E-state index in [9.17, 15) is 0 Å². The lowest BCUT2D eigenvalue weighted by molar-refractivity contribution is 0.311. The van der Waals surface area contributed by atoms with Gasteiger partial charge in [0.2, 0.25) is 11.7 Å². The summed E-state index contributed by atoms with van der Waals surface area (Å²) in [6.07, 6.45) is 0. The molecule has 0 saturated heterocycles. The standard InChI is InChI=1S/C12H16N4O/c1-12(2,7-13)11-15-10(16-17-11)8-4-3-5-9(14)6-8/h3-6H,7,13-14H2,1-2H3. The molecule has 90 valence electrons. The number of nitrogens with zero attached hydrogens (tertiary/aromatic N) is 2. The van der Waals surface area contributed by atoms with Crippen LogP contribution in [0.5, 0.6) is 0 Å². The van der Waals surface area contributed by atoms with Crippen LogP contribution in [0.3, 0.4) is 0 Å². The lowest BCUT2D eigenvalue weighted by Gasteiger charge is -2.15. The van der Waals surface area contributed by atoms with Gasteiger partial charge >= 0.3 is 0 Å². The van der Waals surface area contributed by atoms with Crippen LogP contribution in [0.4, 0.5) is 5.69 Å². The monoisotopic (exact) mass is 232 g/mol. The molecule has 0 aliphatic carbocycles. The van der Waals surface area contributed by atoms with E-state index >= 15 is 0 Å². The van der Waals surface area contributed by atoms with Crippen molar-refractivity contribution < 1.29 is 4.52 Å². The fourth-order valence-electron chi connectivity index (χ4n) is 1.38. The predicted molar refractivity (Wildman–Crippen MR) is 66.2 cm³/mol. The number of rotatable bonds is 3. The Bertz CT molecular complexity index is 519. The Labute approximate surface area is 99.8 Å². The number of hydrogen-bond acceptors (Lipinski definition) is 5. The second-order valence-corrected chi connectivity index (χ2v) is 4.64. The van der Waals surface area contributed by atoms with E-state index in [-0.39, 0.29) is 5.41 Å². The minimum atomic E-state index is -0.314. The van der Waals surface area contributed by atoms with Crippen LogP contribution < -0.4 is 11.5 Å². The van der Waals surface area contributed by atoms with Gasteiger partial charge in [-0.2, -0.15) is 4.98 Å². The summed E-state index contributed by atoms with van der Waals surface area (Å²) in [6.45, 7) is 4.37. The van der Waals surface area contributed by atoms with Crippen LogP contribution in [0.1, 0.15) is 19.7 Å². The third-order valence-corrected chi connectivity index (χ3v) is 2.66. The molecular weight excluding hydrogens is 216 g/mol. The normalized spacial score (nSPS) is 11.7. The molecule has 2 rings (SSSR count). The van der Waals surface area contributed by atoms with Crippen molar-refractivity contribution in [3.05, 3.63) is 30.2 Å². The molecule has 5 heteroatoms. The van der Waals surface area contributed by atoms with Crippen molar-refractivity contribution in [2.75, 3.05) is 12.3 Å². The molecule has 0 bridgehead atoms. The second kappa shape index (κ2) is 4.18. The van der Waals surface area contributed by atoms with Gasteiger partial charge in [-0.05, 0) is 26.0 Å². The molecule has 0 aliphatic heterocycles. The Morgan fingerprint density at radius 2 is 2.12 bits per heavy atom. The van der Waals surface area contributed by atoms with Crippen LogP contribution in [-0.4, -0.2) is 16.7 Å². The van der Waals surface area contributed by atoms with E-state index in [1.807, 2.05) is 38.1 Å². The van der Waals surface area contributed by atoms with Gasteiger partial charge in [-0.1, -0.05) is 17.3 Å². The van der Waals surface area contributed by atoms with Crippen molar-refractivity contribution >= 4 is 5.69 Å². The number of anilines is 1. The number of hydrogen-bond donors (Lipinski definition) is 2. The highest BCUT2D eigenvalue weighted by Gasteiger charge is 2.26. The summed E-state index contributed by atoms with van der Waals surface area (Å²) >= 11 is 0. The van der Waals surface area contributed by atoms with E-state index in [4.69, 9.17) is 16.0 Å². The first kappa shape index (κ1) is 11.6. The van der Waals surface area contributed by atoms with Crippen molar-refractivity contribution in [3.8, 4) is 11.4 Å². The van der Waals surface area contributed by atoms with Crippen LogP contribution in [0, 0.1) is 0 Å². The smallest absolute Gasteiger partial charge is 0.233 e. The van der Waals surface area contributed by atoms with Gasteiger partial charge in [0.15, 0.2) is 0 Å². The molecule has 0 aliphatic rings. The Morgan fingerprint density at radius 1 is 1.35 bits per heavy atom. The summed E-state index contributed by atoms with van der Waals surface area (Å²) in [5, 5.41) is 3.94. The van der Waals surface area contributed by atoms with Crippen molar-refractivity contribution in [2.45, 2.75) is 19.3 Å². The Hall–Kier alpha value is -1.88. The molecule has 0 radical (unpaired) electrons. The average molecular weight is 232 g/mol. The van der Waals surface area contributed by atoms with E-state index in [0.717, 1.165) is 5.56 Å². The van der Waals surface area contributed by atoms with Crippen molar-refractivity contribution in [2.24, 2.45) is 5.73 Å². The summed E-state index contributed by atoms with van der Waals surface area (Å²) in [6, 6.07) is 7.37. The van der Waals surface area contributed by atoms with E-state index in [0.29, 0.717) is 23.9 Å². The SMILES string of the molecule is CC(C)(CN)c1nc(-c2cccc(N)c2)no1. The molecular formula is C12H16N4O. The highest BCUT2D eigenvalue weighted by atomic mass is 16.5. The molecule has 2 aromatic rings. The zero-order valence-electron chi connectivity index (χ0n) is 9.97. The third-order valence-electron chi connectivity index (χ3n) is 2.66. The molecule has 0 unspecified atom stereocenters. The first-order valence-corrected chi connectivity index (χ1v) is 5.43. The predicted octanol–water partition coefficient (Wildman–Crippen LogP) is 1.56. The Balaban J connectivity index is 2.36. The van der Waals surface area contributed by atoms with Crippen LogP contribution in [0.25, 0.3) is 11.4 Å². The molecule has 0 amide bonds. The molecule has 0 spiro atoms. The van der Waals surface area contributed by atoms with Gasteiger partial charge in [-0.15, -0.1) is 0 Å². The van der Waals surface area contributed by atoms with E-state index < -0.39 is 0 Å². The summed E-state index contributed by atoms with van der Waals surface area (Å²) in [7, 11) is 0. The van der Waals surface area contributed by atoms with Gasteiger partial charge in [0.05, 0.1) is 5.41 Å². The largest absolute Gasteiger partial charge is 0.399 e. The average Bonchev–Trinajstić information content (AvgIpc) is 2.79. The number of nitrogens with two attached hydrogens (primary N) is 2. The highest BCUT2D eigenvalue weighted by molar-refractivity contribution is 5.60. The quantitative estimate of drug-likeness (QED) is 0.783. The van der Waals surface area contributed by atoms with Crippen LogP contribution in [0.15, 0.2) is 28.8 Å². The first-order chi connectivity index (χ1) is 8.03. The number of benzene rings is 1. The Morgan fingerprint density at radius 3 is 2.76 bits per heavy atom. The van der Waals surface area contributed by atoms with Crippen LogP contribution in [-0.2, 0) is 5.41 Å². The maximum Gasteiger partial charge on any atom is 0.233 e. The maximum atomic E-state index is 5.71. The summed E-state index contributed by atoms with van der Waals surface area (Å²) in [5.74, 6) is 1.08. The minimum absolute atomic E-state index is 0.314. The van der Waals surface area contributed by atoms with Crippen molar-refractivity contribution in [1.29, 1.82) is 0 Å². The van der Waals surface area contributed by atoms with Gasteiger partial charge in [-0.25, -0.2) is 0 Å². The molecule has 0 saturated carbocycles. The van der Waals surface area contributed by atoms with E-state index in [1.54, 1.807) is 0 Å². The molecule has 0 atom stereocenters. The molecule has 1 heterocycles. The molecule has 1 aromatic carbocycles. The summed E-state index contributed by atoms with van der Waals surface area (Å²) in [4.78, 5) is 4.35. The second-order valence-electron chi connectivity index (χ2n) is 4.64. The Kier molecular flexibility index (Phi) is 2.85. The topological polar surface area (TPSA) is 91.0 Å². The fraction of sp³-hybridized carbons (Fsp3) is 0.333. The molecule has 0 fully saturated rings. The first-order valence-electron chi connectivity index (χ1n) is 5.43. The lowest BCUT2D eigenvalue weighted by atomic mass is 9.94. The molecule has 5 nitrogen and oxygen atoms in total. The van der Waals surface area contributed by atoms with Gasteiger partial charge in [0.1, 0.15) is 0 Å². The zero-order chi connectivity index (χ0) is 12.5. The highest BCUT2D eigenvalue weighted by Crippen LogP contribution is 2.24. The number of nitrogen functional groups attached to an aromatic ring is 1. The molecule has 1 aromatic heterocycles. The molecule has 4 N–H and O–H groups in total.